The lowest BCUT2D eigenvalue weighted by Gasteiger charge is -2.48. The summed E-state index contributed by atoms with van der Waals surface area (Å²) in [6.45, 7) is 1.37. The third kappa shape index (κ3) is 2.93. The Hall–Kier alpha value is -0.940. The summed E-state index contributed by atoms with van der Waals surface area (Å²) < 4.78 is 17.6. The van der Waals surface area contributed by atoms with Crippen LogP contribution in [0.4, 0.5) is 4.79 Å². The highest BCUT2D eigenvalue weighted by Crippen LogP contribution is 2.49. The van der Waals surface area contributed by atoms with Crippen LogP contribution in [0.1, 0.15) is 70.6 Å². The second kappa shape index (κ2) is 6.17. The van der Waals surface area contributed by atoms with Crippen LogP contribution in [0, 0.1) is 5.92 Å². The van der Waals surface area contributed by atoms with Crippen molar-refractivity contribution >= 4 is 11.8 Å². The van der Waals surface area contributed by atoms with Crippen LogP contribution >= 0.6 is 0 Å². The summed E-state index contributed by atoms with van der Waals surface area (Å²) in [5.41, 5.74) is 0.742. The predicted molar refractivity (Wildman–Crippen MR) is 85.6 cm³/mol. The number of carbonyl (C=O) groups is 1. The summed E-state index contributed by atoms with van der Waals surface area (Å²) in [4.78, 5) is 16.4. The first-order chi connectivity index (χ1) is 11.2. The third-order valence-electron chi connectivity index (χ3n) is 6.16. The number of hydrogen-bond acceptors (Lipinski definition) is 4. The van der Waals surface area contributed by atoms with Gasteiger partial charge in [-0.2, -0.15) is 4.99 Å². The van der Waals surface area contributed by atoms with Crippen molar-refractivity contribution in [2.75, 3.05) is 13.2 Å². The fourth-order valence-corrected chi connectivity index (χ4v) is 4.90. The van der Waals surface area contributed by atoms with Crippen LogP contribution in [-0.4, -0.2) is 36.4 Å². The van der Waals surface area contributed by atoms with Crippen LogP contribution in [0.25, 0.3) is 0 Å². The van der Waals surface area contributed by atoms with Crippen molar-refractivity contribution in [3.8, 4) is 0 Å². The lowest BCUT2D eigenvalue weighted by Crippen LogP contribution is -2.54. The molecule has 0 bridgehead atoms. The summed E-state index contributed by atoms with van der Waals surface area (Å²) in [6, 6.07) is 0. The second-order valence-electron chi connectivity index (χ2n) is 7.50. The predicted octanol–water partition coefficient (Wildman–Crippen LogP) is 3.99. The molecule has 128 valence electrons. The molecule has 1 unspecified atom stereocenters. The largest absolute Gasteiger partial charge is 0.441 e. The molecule has 2 aliphatic heterocycles. The van der Waals surface area contributed by atoms with E-state index >= 15 is 0 Å². The first-order valence-electron chi connectivity index (χ1n) is 9.30. The van der Waals surface area contributed by atoms with Gasteiger partial charge in [0.2, 0.25) is 0 Å². The number of ether oxygens (including phenoxy) is 3. The monoisotopic (exact) mass is 321 g/mol. The van der Waals surface area contributed by atoms with E-state index in [-0.39, 0.29) is 11.7 Å². The smallest absolute Gasteiger partial charge is 0.434 e. The molecule has 2 spiro atoms. The molecule has 0 aromatic rings. The summed E-state index contributed by atoms with van der Waals surface area (Å²) in [7, 11) is 0. The third-order valence-corrected chi connectivity index (χ3v) is 6.16. The molecule has 23 heavy (non-hydrogen) atoms. The van der Waals surface area contributed by atoms with Gasteiger partial charge in [-0.3, -0.25) is 0 Å². The van der Waals surface area contributed by atoms with Gasteiger partial charge in [0, 0.05) is 24.5 Å². The van der Waals surface area contributed by atoms with Crippen molar-refractivity contribution in [2.45, 2.75) is 82.0 Å². The van der Waals surface area contributed by atoms with E-state index in [1.807, 2.05) is 0 Å². The molecule has 0 aromatic carbocycles. The van der Waals surface area contributed by atoms with Crippen molar-refractivity contribution in [3.63, 3.8) is 0 Å². The average molecular weight is 321 g/mol. The lowest BCUT2D eigenvalue weighted by molar-refractivity contribution is -0.207. The van der Waals surface area contributed by atoms with Crippen LogP contribution < -0.4 is 0 Å². The molecule has 1 amide bonds. The molecule has 4 aliphatic rings. The minimum Gasteiger partial charge on any atom is -0.441 e. The first kappa shape index (κ1) is 15.6. The van der Waals surface area contributed by atoms with E-state index < -0.39 is 5.79 Å². The minimum atomic E-state index is -0.412. The van der Waals surface area contributed by atoms with E-state index in [4.69, 9.17) is 14.2 Å². The van der Waals surface area contributed by atoms with Gasteiger partial charge < -0.3 is 14.2 Å². The van der Waals surface area contributed by atoms with E-state index in [9.17, 15) is 4.79 Å². The normalized spacial score (nSPS) is 33.3. The minimum absolute atomic E-state index is 0.303. The highest BCUT2D eigenvalue weighted by molar-refractivity contribution is 5.97. The van der Waals surface area contributed by atoms with Crippen LogP contribution in [0.5, 0.6) is 0 Å². The van der Waals surface area contributed by atoms with E-state index in [0.717, 1.165) is 50.7 Å². The van der Waals surface area contributed by atoms with Gasteiger partial charge in [-0.1, -0.05) is 25.7 Å². The number of fused-ring (bicyclic) bond motifs is 2. The Labute approximate surface area is 137 Å². The molecule has 2 heterocycles. The molecular weight excluding hydrogens is 294 g/mol. The fraction of sp³-hybridized carbons (Fsp3) is 0.889. The highest BCUT2D eigenvalue weighted by atomic mass is 16.7. The zero-order chi connectivity index (χ0) is 15.8. The molecule has 4 rings (SSSR count). The van der Waals surface area contributed by atoms with Crippen LogP contribution in [0.2, 0.25) is 0 Å². The lowest BCUT2D eigenvalue weighted by atomic mass is 9.69. The quantitative estimate of drug-likeness (QED) is 0.677. The van der Waals surface area contributed by atoms with Crippen molar-refractivity contribution in [2.24, 2.45) is 10.9 Å². The van der Waals surface area contributed by atoms with Crippen LogP contribution in [0.3, 0.4) is 0 Å². The van der Waals surface area contributed by atoms with Crippen molar-refractivity contribution < 1.29 is 19.0 Å². The highest BCUT2D eigenvalue weighted by Gasteiger charge is 2.54. The molecule has 1 atom stereocenters. The molecule has 2 saturated carbocycles. The Morgan fingerprint density at radius 1 is 0.913 bits per heavy atom. The molecule has 5 heteroatoms. The zero-order valence-corrected chi connectivity index (χ0v) is 13.8. The molecule has 2 aliphatic carbocycles. The van der Waals surface area contributed by atoms with Gasteiger partial charge in [0.15, 0.2) is 5.79 Å². The summed E-state index contributed by atoms with van der Waals surface area (Å²) in [5, 5.41) is 0. The number of amides is 1. The maximum Gasteiger partial charge on any atom is 0.434 e. The topological polar surface area (TPSA) is 57.1 Å². The SMILES string of the molecule is O=C1N=C2CCCCCCCC2C2(CCC3(CC2)OCCO3)O1. The summed E-state index contributed by atoms with van der Waals surface area (Å²) in [5.74, 6) is -0.109. The first-order valence-corrected chi connectivity index (χ1v) is 9.30. The maximum atomic E-state index is 12.1. The maximum absolute atomic E-state index is 12.1. The van der Waals surface area contributed by atoms with Gasteiger partial charge >= 0.3 is 6.09 Å². The molecular formula is C18H27NO4. The van der Waals surface area contributed by atoms with E-state index in [1.165, 1.54) is 25.7 Å². The number of hydrogen-bond donors (Lipinski definition) is 0. The van der Waals surface area contributed by atoms with Gasteiger partial charge in [-0.15, -0.1) is 0 Å². The van der Waals surface area contributed by atoms with Gasteiger partial charge in [-0.25, -0.2) is 4.79 Å². The number of rotatable bonds is 0. The van der Waals surface area contributed by atoms with Crippen LogP contribution in [0.15, 0.2) is 4.99 Å². The summed E-state index contributed by atoms with van der Waals surface area (Å²) >= 11 is 0. The molecule has 0 aromatic heterocycles. The average Bonchev–Trinajstić information content (AvgIpc) is 3.03. The second-order valence-corrected chi connectivity index (χ2v) is 7.50. The molecule has 3 fully saturated rings. The Morgan fingerprint density at radius 3 is 2.39 bits per heavy atom. The Morgan fingerprint density at radius 2 is 1.61 bits per heavy atom. The Balaban J connectivity index is 1.57. The zero-order valence-electron chi connectivity index (χ0n) is 13.8. The molecule has 0 N–H and O–H groups in total. The van der Waals surface area contributed by atoms with E-state index in [2.05, 4.69) is 4.99 Å². The van der Waals surface area contributed by atoms with Crippen molar-refractivity contribution in [1.29, 1.82) is 0 Å². The number of aliphatic imine (C=N–C) groups is 1. The van der Waals surface area contributed by atoms with Gasteiger partial charge in [0.25, 0.3) is 0 Å². The van der Waals surface area contributed by atoms with E-state index in [0.29, 0.717) is 19.1 Å². The van der Waals surface area contributed by atoms with Crippen molar-refractivity contribution in [3.05, 3.63) is 0 Å². The van der Waals surface area contributed by atoms with E-state index in [1.54, 1.807) is 0 Å². The summed E-state index contributed by atoms with van der Waals surface area (Å²) in [6.07, 6.45) is 11.2. The Bertz CT molecular complexity index is 485. The van der Waals surface area contributed by atoms with Gasteiger partial charge in [0.1, 0.15) is 5.60 Å². The number of carbonyl (C=O) groups excluding carboxylic acids is 1. The standard InChI is InChI=1S/C18H27NO4/c20-16-19-15-7-5-3-1-2-4-6-14(15)17(23-16)8-10-18(11-9-17)21-12-13-22-18/h14H,1-13H2. The molecule has 1 saturated heterocycles. The van der Waals surface area contributed by atoms with Gasteiger partial charge in [-0.05, 0) is 32.1 Å². The Kier molecular flexibility index (Phi) is 4.18. The number of nitrogens with zero attached hydrogens (tertiary/aromatic N) is 1. The molecule has 0 radical (unpaired) electrons. The van der Waals surface area contributed by atoms with Crippen molar-refractivity contribution in [1.82, 2.24) is 0 Å². The fourth-order valence-electron chi connectivity index (χ4n) is 4.90. The molecule has 5 nitrogen and oxygen atoms in total. The van der Waals surface area contributed by atoms with Crippen LogP contribution in [-0.2, 0) is 14.2 Å². The van der Waals surface area contributed by atoms with Gasteiger partial charge in [0.05, 0.1) is 13.2 Å².